The summed E-state index contributed by atoms with van der Waals surface area (Å²) in [5.74, 6) is 0.978. The van der Waals surface area contributed by atoms with E-state index in [0.29, 0.717) is 22.5 Å². The molecule has 9 rings (SSSR count). The van der Waals surface area contributed by atoms with Crippen molar-refractivity contribution in [2.45, 2.75) is 52.4 Å². The minimum Gasteiger partial charge on any atom is 0 e. The number of para-hydroxylation sites is 5. The summed E-state index contributed by atoms with van der Waals surface area (Å²) in [5, 5.41) is 0. The number of benzene rings is 5. The van der Waals surface area contributed by atoms with Gasteiger partial charge in [0.05, 0.1) is 0 Å². The van der Waals surface area contributed by atoms with Gasteiger partial charge >= 0.3 is 242 Å². The van der Waals surface area contributed by atoms with Crippen molar-refractivity contribution >= 4 is 75.0 Å². The number of rotatable bonds is 5. The first-order valence-electron chi connectivity index (χ1n) is 19.5. The van der Waals surface area contributed by atoms with E-state index in [1.807, 2.05) is 65.6 Å². The summed E-state index contributed by atoms with van der Waals surface area (Å²) in [6, 6.07) is 43.3. The Morgan fingerprint density at radius 3 is 2.13 bits per heavy atom. The van der Waals surface area contributed by atoms with Gasteiger partial charge in [-0.2, -0.15) is 0 Å². The van der Waals surface area contributed by atoms with Crippen molar-refractivity contribution in [1.82, 2.24) is 14.5 Å². The zero-order valence-electron chi connectivity index (χ0n) is 34.4. The van der Waals surface area contributed by atoms with Crippen LogP contribution in [0.5, 0.6) is 11.6 Å². The van der Waals surface area contributed by atoms with Gasteiger partial charge in [0.15, 0.2) is 0 Å². The number of fused-ring (bicyclic) bond motifs is 4. The van der Waals surface area contributed by atoms with Gasteiger partial charge in [0.25, 0.3) is 0 Å². The van der Waals surface area contributed by atoms with Crippen molar-refractivity contribution in [1.29, 1.82) is 0 Å². The largest absolute Gasteiger partial charge is 0 e. The molecule has 0 atom stereocenters. The molecule has 5 aromatic carbocycles. The van der Waals surface area contributed by atoms with Gasteiger partial charge in [0.2, 0.25) is 0 Å². The molecule has 2 aromatic heterocycles. The minimum absolute atomic E-state index is 0. The van der Waals surface area contributed by atoms with Crippen LogP contribution in [0.25, 0.3) is 11.0 Å². The van der Waals surface area contributed by atoms with Crippen LogP contribution in [0.2, 0.25) is 0 Å². The standard InChI is InChI=1S/C46H41N6OSe.Pt/c1-45(2,3)30-23-31(46(4,5)6)25-33(24-30)51-29-50(37-19-10-11-20-38(37)51)32-15-14-16-34(26-32)53-43-27-40-42(28-47-43)54-41-22-13-12-21-39(41)52(40)44-48-35-17-8-9-18-36(35)49(44)7;/h8-25,28-29H,1-7H3;/q-3;/i7D3;. The molecular formula is C46H41N6OPtSe-3. The number of aryl methyl sites for hydroxylation is 1. The molecule has 55 heavy (non-hydrogen) atoms. The number of anilines is 7. The van der Waals surface area contributed by atoms with Crippen LogP contribution >= 0.6 is 0 Å². The van der Waals surface area contributed by atoms with Gasteiger partial charge in [0, 0.05) is 21.1 Å². The molecule has 0 fully saturated rings. The van der Waals surface area contributed by atoms with E-state index in [1.54, 1.807) is 12.3 Å². The van der Waals surface area contributed by atoms with Crippen molar-refractivity contribution in [3.63, 3.8) is 0 Å². The summed E-state index contributed by atoms with van der Waals surface area (Å²) in [4.78, 5) is 15.8. The van der Waals surface area contributed by atoms with E-state index in [9.17, 15) is 0 Å². The molecule has 0 aliphatic carbocycles. The molecule has 7 nitrogen and oxygen atoms in total. The Kier molecular flexibility index (Phi) is 8.52. The average molecular weight is 971 g/mol. The summed E-state index contributed by atoms with van der Waals surface area (Å²) in [6.45, 7) is 13.2. The molecule has 2 aliphatic heterocycles. The molecule has 0 bridgehead atoms. The van der Waals surface area contributed by atoms with Gasteiger partial charge in [-0.25, -0.2) is 0 Å². The summed E-state index contributed by atoms with van der Waals surface area (Å²) >= 11 is -0.113. The molecule has 0 N–H and O–H groups in total. The molecule has 0 radical (unpaired) electrons. The molecule has 4 heterocycles. The monoisotopic (exact) mass is 971 g/mol. The van der Waals surface area contributed by atoms with Crippen molar-refractivity contribution in [2.75, 3.05) is 14.7 Å². The first kappa shape index (κ1) is 33.5. The van der Waals surface area contributed by atoms with E-state index in [2.05, 4.69) is 113 Å². The van der Waals surface area contributed by atoms with Gasteiger partial charge in [0.1, 0.15) is 0 Å². The smallest absolute Gasteiger partial charge is 0 e. The van der Waals surface area contributed by atoms with Crippen LogP contribution in [0.15, 0.2) is 115 Å². The van der Waals surface area contributed by atoms with Crippen LogP contribution in [-0.2, 0) is 38.9 Å². The third-order valence-electron chi connectivity index (χ3n) is 9.83. The molecule has 7 aromatic rings. The Labute approximate surface area is 348 Å². The summed E-state index contributed by atoms with van der Waals surface area (Å²) in [7, 11) is 0. The number of pyridine rings is 1. The van der Waals surface area contributed by atoms with Gasteiger partial charge in [-0.3, -0.25) is 0 Å². The van der Waals surface area contributed by atoms with Gasteiger partial charge < -0.3 is 0 Å². The summed E-state index contributed by atoms with van der Waals surface area (Å²) in [5.41, 5.74) is 9.12. The second-order valence-corrected chi connectivity index (χ2v) is 17.9. The van der Waals surface area contributed by atoms with Crippen molar-refractivity contribution in [2.24, 2.45) is 6.98 Å². The normalized spacial score (nSPS) is 14.7. The number of hydrogen-bond acceptors (Lipinski definition) is 6. The van der Waals surface area contributed by atoms with Gasteiger partial charge in [-0.05, 0) is 34.1 Å². The molecule has 0 unspecified atom stereocenters. The molecule has 2 aliphatic rings. The van der Waals surface area contributed by atoms with Gasteiger partial charge in [-0.1, -0.05) is 53.7 Å². The third-order valence-corrected chi connectivity index (χ3v) is 12.1. The minimum atomic E-state index is -2.49. The fourth-order valence-electron chi connectivity index (χ4n) is 6.87. The molecule has 0 spiro atoms. The molecule has 0 amide bonds. The zero-order valence-corrected chi connectivity index (χ0v) is 35.3. The zero-order chi connectivity index (χ0) is 39.9. The topological polar surface area (TPSA) is 49.7 Å². The Hall–Kier alpha value is -4.87. The second kappa shape index (κ2) is 14.0. The Morgan fingerprint density at radius 1 is 0.727 bits per heavy atom. The Morgan fingerprint density at radius 2 is 1.40 bits per heavy atom. The molecular weight excluding hydrogens is 927 g/mol. The number of hydrogen-bond donors (Lipinski definition) is 0. The van der Waals surface area contributed by atoms with E-state index in [1.165, 1.54) is 15.7 Å². The average Bonchev–Trinajstić information content (AvgIpc) is 3.76. The number of ether oxygens (including phenoxy) is 1. The number of nitrogens with zero attached hydrogens (tertiary/aromatic N) is 6. The fraction of sp³-hybridized carbons (Fsp3) is 0.196. The molecule has 9 heteroatoms. The van der Waals surface area contributed by atoms with E-state index in [0.717, 1.165) is 37.4 Å². The maximum atomic E-state index is 8.53. The SMILES string of the molecule is [2H]C([2H])([2H])n1c(N2c3[c-]c(Oc4[c-]c(N5[CH-]N(c6cc(C(C)(C)C)cc(C(C)(C)C)c6)c6ccccc65)ccc4)ncc3[Se]c3ccccc32)nc2ccccc21.[Pt]. The predicted molar refractivity (Wildman–Crippen MR) is 221 cm³/mol. The van der Waals surface area contributed by atoms with E-state index >= 15 is 0 Å². The quantitative estimate of drug-likeness (QED) is 0.127. The molecule has 280 valence electrons. The van der Waals surface area contributed by atoms with Crippen LogP contribution in [0, 0.1) is 18.8 Å². The summed E-state index contributed by atoms with van der Waals surface area (Å²) < 4.78 is 35.4. The Balaban J connectivity index is 0.00000469. The van der Waals surface area contributed by atoms with Crippen molar-refractivity contribution in [3.8, 4) is 11.6 Å². The Bertz CT molecular complexity index is 2650. The van der Waals surface area contributed by atoms with Crippen LogP contribution in [0.3, 0.4) is 0 Å². The first-order valence-corrected chi connectivity index (χ1v) is 19.7. The third kappa shape index (κ3) is 6.75. The van der Waals surface area contributed by atoms with Crippen molar-refractivity contribution < 1.29 is 29.9 Å². The second-order valence-electron chi connectivity index (χ2n) is 15.7. The number of imidazole rings is 1. The van der Waals surface area contributed by atoms with E-state index < -0.39 is 6.98 Å². The summed E-state index contributed by atoms with van der Waals surface area (Å²) in [6.07, 6.45) is 1.80. The number of aromatic nitrogens is 3. The predicted octanol–water partition coefficient (Wildman–Crippen LogP) is 9.80. The van der Waals surface area contributed by atoms with Crippen LogP contribution in [0.1, 0.15) is 56.8 Å². The molecule has 0 saturated carbocycles. The van der Waals surface area contributed by atoms with Crippen LogP contribution in [0.4, 0.5) is 40.1 Å². The first-order chi connectivity index (χ1) is 27.1. The maximum Gasteiger partial charge on any atom is 0 e. The fourth-order valence-corrected chi connectivity index (χ4v) is 8.95. The van der Waals surface area contributed by atoms with Crippen LogP contribution < -0.4 is 28.4 Å². The van der Waals surface area contributed by atoms with Gasteiger partial charge in [-0.15, -0.1) is 0 Å². The molecule has 0 saturated heterocycles. The van der Waals surface area contributed by atoms with E-state index in [-0.39, 0.29) is 58.7 Å². The van der Waals surface area contributed by atoms with Crippen LogP contribution in [-0.4, -0.2) is 29.5 Å². The maximum absolute atomic E-state index is 8.53. The van der Waals surface area contributed by atoms with Crippen molar-refractivity contribution in [3.05, 3.63) is 145 Å². The van der Waals surface area contributed by atoms with E-state index in [4.69, 9.17) is 18.8 Å².